The number of nitrogens with one attached hydrogen (secondary N) is 1. The van der Waals surface area contributed by atoms with E-state index in [2.05, 4.69) is 59.4 Å². The molecule has 2 amide bonds. The number of aromatic nitrogens is 1. The fraction of sp³-hybridized carbons (Fsp3) is 0.261. The topological polar surface area (TPSA) is 37.3 Å². The second-order valence-corrected chi connectivity index (χ2v) is 7.33. The predicted octanol–water partition coefficient (Wildman–Crippen LogP) is 5.05. The van der Waals surface area contributed by atoms with Gasteiger partial charge < -0.3 is 14.8 Å². The van der Waals surface area contributed by atoms with Gasteiger partial charge >= 0.3 is 6.03 Å². The summed E-state index contributed by atoms with van der Waals surface area (Å²) in [4.78, 5) is 15.2. The van der Waals surface area contributed by atoms with Crippen LogP contribution in [0.5, 0.6) is 0 Å². The first-order chi connectivity index (χ1) is 13.0. The number of fused-ring (bicyclic) bond motifs is 1. The van der Waals surface area contributed by atoms with Crippen LogP contribution in [0, 0.1) is 20.8 Å². The number of carbonyl (C=O) groups is 1. The van der Waals surface area contributed by atoms with Gasteiger partial charge in [-0.15, -0.1) is 0 Å². The Labute approximate surface area is 160 Å². The van der Waals surface area contributed by atoms with Crippen molar-refractivity contribution in [2.75, 3.05) is 11.9 Å². The molecule has 4 rings (SSSR count). The maximum atomic E-state index is 13.3. The highest BCUT2D eigenvalue weighted by molar-refractivity contribution is 5.91. The molecule has 0 radical (unpaired) electrons. The monoisotopic (exact) mass is 359 g/mol. The van der Waals surface area contributed by atoms with Crippen LogP contribution in [0.3, 0.4) is 0 Å². The summed E-state index contributed by atoms with van der Waals surface area (Å²) in [6, 6.07) is 18.6. The van der Waals surface area contributed by atoms with Crippen molar-refractivity contribution >= 4 is 11.7 Å². The summed E-state index contributed by atoms with van der Waals surface area (Å²) in [5.41, 5.74) is 6.58. The molecule has 27 heavy (non-hydrogen) atoms. The molecule has 0 spiro atoms. The van der Waals surface area contributed by atoms with Crippen LogP contribution in [0.4, 0.5) is 10.5 Å². The average Bonchev–Trinajstić information content (AvgIpc) is 3.13. The third kappa shape index (κ3) is 3.23. The molecule has 0 saturated heterocycles. The van der Waals surface area contributed by atoms with Crippen LogP contribution < -0.4 is 5.32 Å². The van der Waals surface area contributed by atoms with Gasteiger partial charge in [-0.3, -0.25) is 0 Å². The zero-order valence-corrected chi connectivity index (χ0v) is 16.1. The largest absolute Gasteiger partial charge is 0.348 e. The second-order valence-electron chi connectivity index (χ2n) is 7.33. The van der Waals surface area contributed by atoms with Crippen molar-refractivity contribution in [2.45, 2.75) is 33.4 Å². The molecular weight excluding hydrogens is 334 g/mol. The van der Waals surface area contributed by atoms with Gasteiger partial charge in [-0.25, -0.2) is 4.79 Å². The predicted molar refractivity (Wildman–Crippen MR) is 109 cm³/mol. The molecule has 2 aromatic carbocycles. The van der Waals surface area contributed by atoms with Gasteiger partial charge in [0.15, 0.2) is 0 Å². The number of anilines is 1. The summed E-state index contributed by atoms with van der Waals surface area (Å²) in [5.74, 6) is 0. The van der Waals surface area contributed by atoms with E-state index in [9.17, 15) is 4.79 Å². The summed E-state index contributed by atoms with van der Waals surface area (Å²) in [6.45, 7) is 7.63. The Bertz CT molecular complexity index is 951. The molecule has 0 saturated carbocycles. The lowest BCUT2D eigenvalue weighted by Gasteiger charge is -2.37. The number of hydrogen-bond donors (Lipinski definition) is 1. The summed E-state index contributed by atoms with van der Waals surface area (Å²) < 4.78 is 2.24. The molecule has 4 heteroatoms. The first kappa shape index (κ1) is 17.4. The lowest BCUT2D eigenvalue weighted by atomic mass is 9.99. The highest BCUT2D eigenvalue weighted by atomic mass is 16.2. The number of nitrogens with zero attached hydrogens (tertiary/aromatic N) is 2. The van der Waals surface area contributed by atoms with Crippen LogP contribution >= 0.6 is 0 Å². The fourth-order valence-corrected chi connectivity index (χ4v) is 3.89. The van der Waals surface area contributed by atoms with Crippen molar-refractivity contribution in [3.8, 4) is 0 Å². The Kier molecular flexibility index (Phi) is 4.48. The van der Waals surface area contributed by atoms with Crippen LogP contribution in [0.15, 0.2) is 60.8 Å². The van der Waals surface area contributed by atoms with Crippen LogP contribution in [0.2, 0.25) is 0 Å². The molecule has 0 bridgehead atoms. The molecule has 1 aromatic heterocycles. The quantitative estimate of drug-likeness (QED) is 0.683. The van der Waals surface area contributed by atoms with Crippen LogP contribution in [-0.4, -0.2) is 22.0 Å². The number of rotatable bonds is 2. The number of para-hydroxylation sites is 1. The van der Waals surface area contributed by atoms with E-state index in [1.807, 2.05) is 36.9 Å². The smallest absolute Gasteiger partial charge is 0.322 e. The average molecular weight is 359 g/mol. The van der Waals surface area contributed by atoms with Gasteiger partial charge in [-0.1, -0.05) is 48.0 Å². The lowest BCUT2D eigenvalue weighted by Crippen LogP contribution is -2.44. The van der Waals surface area contributed by atoms with Crippen LogP contribution in [0.25, 0.3) is 0 Å². The van der Waals surface area contributed by atoms with Crippen LogP contribution in [0.1, 0.15) is 34.0 Å². The van der Waals surface area contributed by atoms with Crippen molar-refractivity contribution in [2.24, 2.45) is 0 Å². The van der Waals surface area contributed by atoms with Crippen molar-refractivity contribution in [1.82, 2.24) is 9.47 Å². The van der Waals surface area contributed by atoms with Gasteiger partial charge in [0, 0.05) is 30.7 Å². The molecule has 1 aliphatic rings. The molecule has 3 aromatic rings. The second kappa shape index (κ2) is 6.95. The van der Waals surface area contributed by atoms with Crippen molar-refractivity contribution in [1.29, 1.82) is 0 Å². The fourth-order valence-electron chi connectivity index (χ4n) is 3.89. The van der Waals surface area contributed by atoms with Crippen molar-refractivity contribution in [3.05, 3.63) is 88.7 Å². The molecule has 2 heterocycles. The van der Waals surface area contributed by atoms with E-state index in [1.165, 1.54) is 5.56 Å². The normalized spacial score (nSPS) is 16.1. The third-order valence-electron chi connectivity index (χ3n) is 5.41. The van der Waals surface area contributed by atoms with Gasteiger partial charge in [0.1, 0.15) is 0 Å². The molecule has 138 valence electrons. The van der Waals surface area contributed by atoms with E-state index in [4.69, 9.17) is 0 Å². The maximum Gasteiger partial charge on any atom is 0.322 e. The molecule has 1 aliphatic heterocycles. The maximum absolute atomic E-state index is 13.3. The standard InChI is InChI=1S/C23H25N3O/c1-16-9-11-19(12-10-16)22-20-8-5-13-25(20)14-15-26(22)23(27)24-21-17(2)6-4-7-18(21)3/h4-13,22H,14-15H2,1-3H3,(H,24,27). The molecule has 1 atom stereocenters. The number of aryl methyl sites for hydroxylation is 3. The van der Waals surface area contributed by atoms with E-state index >= 15 is 0 Å². The van der Waals surface area contributed by atoms with Crippen molar-refractivity contribution in [3.63, 3.8) is 0 Å². The van der Waals surface area contributed by atoms with Gasteiger partial charge in [0.2, 0.25) is 0 Å². The van der Waals surface area contributed by atoms with E-state index < -0.39 is 0 Å². The first-order valence-corrected chi connectivity index (χ1v) is 9.40. The Hall–Kier alpha value is -3.01. The minimum atomic E-state index is -0.0846. The van der Waals surface area contributed by atoms with Gasteiger partial charge in [0.05, 0.1) is 6.04 Å². The number of urea groups is 1. The van der Waals surface area contributed by atoms with E-state index in [1.54, 1.807) is 0 Å². The van der Waals surface area contributed by atoms with E-state index in [-0.39, 0.29) is 12.1 Å². The minimum Gasteiger partial charge on any atom is -0.348 e. The number of amides is 2. The molecule has 0 aliphatic carbocycles. The zero-order chi connectivity index (χ0) is 19.0. The molecule has 0 fully saturated rings. The minimum absolute atomic E-state index is 0.0505. The summed E-state index contributed by atoms with van der Waals surface area (Å²) in [5, 5.41) is 3.16. The van der Waals surface area contributed by atoms with Crippen molar-refractivity contribution < 1.29 is 4.79 Å². The Balaban J connectivity index is 1.70. The summed E-state index contributed by atoms with van der Waals surface area (Å²) in [6.07, 6.45) is 2.09. The Morgan fingerprint density at radius 1 is 0.926 bits per heavy atom. The summed E-state index contributed by atoms with van der Waals surface area (Å²) >= 11 is 0. The number of benzene rings is 2. The number of carbonyl (C=O) groups excluding carboxylic acids is 1. The molecule has 1 N–H and O–H groups in total. The number of hydrogen-bond acceptors (Lipinski definition) is 1. The highest BCUT2D eigenvalue weighted by Gasteiger charge is 2.32. The van der Waals surface area contributed by atoms with E-state index in [0.29, 0.717) is 6.54 Å². The Morgan fingerprint density at radius 2 is 1.63 bits per heavy atom. The SMILES string of the molecule is Cc1ccc(C2c3cccn3CCN2C(=O)Nc2c(C)cccc2C)cc1. The van der Waals surface area contributed by atoms with Crippen LogP contribution in [-0.2, 0) is 6.54 Å². The highest BCUT2D eigenvalue weighted by Crippen LogP contribution is 2.33. The van der Waals surface area contributed by atoms with Gasteiger partial charge in [-0.05, 0) is 49.6 Å². The zero-order valence-electron chi connectivity index (χ0n) is 16.1. The summed E-state index contributed by atoms with van der Waals surface area (Å²) in [7, 11) is 0. The Morgan fingerprint density at radius 3 is 2.33 bits per heavy atom. The van der Waals surface area contributed by atoms with Gasteiger partial charge in [0.25, 0.3) is 0 Å². The third-order valence-corrected chi connectivity index (χ3v) is 5.41. The first-order valence-electron chi connectivity index (χ1n) is 9.40. The lowest BCUT2D eigenvalue weighted by molar-refractivity contribution is 0.182. The van der Waals surface area contributed by atoms with Gasteiger partial charge in [-0.2, -0.15) is 0 Å². The van der Waals surface area contributed by atoms with E-state index in [0.717, 1.165) is 34.6 Å². The molecule has 4 nitrogen and oxygen atoms in total. The molecule has 1 unspecified atom stereocenters. The molecular formula is C23H25N3O.